The smallest absolute Gasteiger partial charge is 0.321 e. The van der Waals surface area contributed by atoms with E-state index in [1.165, 1.54) is 6.07 Å². The summed E-state index contributed by atoms with van der Waals surface area (Å²) in [7, 11) is 0. The molecule has 2 aliphatic rings. The SMILES string of the molecule is O=C(c1cccc(Oc2ncccn2)c1)N1CCC2(CC1)CO[C@H](Cc1cccc(F)c1)C2. The fourth-order valence-corrected chi connectivity index (χ4v) is 4.80. The zero-order chi connectivity index (χ0) is 22.7. The number of benzene rings is 2. The zero-order valence-corrected chi connectivity index (χ0v) is 18.3. The molecule has 1 atom stereocenters. The maximum Gasteiger partial charge on any atom is 0.321 e. The van der Waals surface area contributed by atoms with Gasteiger partial charge in [-0.25, -0.2) is 14.4 Å². The molecular weight excluding hydrogens is 421 g/mol. The van der Waals surface area contributed by atoms with Crippen LogP contribution in [0.4, 0.5) is 4.39 Å². The fraction of sp³-hybridized carbons (Fsp3) is 0.346. The van der Waals surface area contributed by atoms with Crippen molar-refractivity contribution in [3.63, 3.8) is 0 Å². The van der Waals surface area contributed by atoms with Crippen LogP contribution in [-0.2, 0) is 11.2 Å². The van der Waals surface area contributed by atoms with Crippen LogP contribution in [-0.4, -0.2) is 46.6 Å². The van der Waals surface area contributed by atoms with Crippen molar-refractivity contribution in [3.05, 3.63) is 83.9 Å². The summed E-state index contributed by atoms with van der Waals surface area (Å²) in [4.78, 5) is 23.1. The van der Waals surface area contributed by atoms with Crippen LogP contribution in [0.2, 0.25) is 0 Å². The highest BCUT2D eigenvalue weighted by Crippen LogP contribution is 2.43. The van der Waals surface area contributed by atoms with Crippen LogP contribution in [0.5, 0.6) is 11.8 Å². The number of rotatable bonds is 5. The number of halogens is 1. The van der Waals surface area contributed by atoms with Crippen LogP contribution in [0.25, 0.3) is 0 Å². The van der Waals surface area contributed by atoms with Gasteiger partial charge in [0.2, 0.25) is 0 Å². The molecule has 1 spiro atoms. The van der Waals surface area contributed by atoms with E-state index in [-0.39, 0.29) is 29.3 Å². The van der Waals surface area contributed by atoms with Crippen molar-refractivity contribution in [1.29, 1.82) is 0 Å². The molecule has 2 fully saturated rings. The van der Waals surface area contributed by atoms with Crippen molar-refractivity contribution >= 4 is 5.91 Å². The number of carbonyl (C=O) groups excluding carboxylic acids is 1. The molecule has 0 radical (unpaired) electrons. The second kappa shape index (κ2) is 9.27. The van der Waals surface area contributed by atoms with Crippen molar-refractivity contribution < 1.29 is 18.7 Å². The van der Waals surface area contributed by atoms with Crippen molar-refractivity contribution in [1.82, 2.24) is 14.9 Å². The summed E-state index contributed by atoms with van der Waals surface area (Å²) in [5.41, 5.74) is 1.66. The normalized spacial score (nSPS) is 19.5. The summed E-state index contributed by atoms with van der Waals surface area (Å²) in [5, 5.41) is 0. The molecule has 0 N–H and O–H groups in total. The molecule has 0 saturated carbocycles. The molecule has 170 valence electrons. The molecule has 0 bridgehead atoms. The third-order valence-corrected chi connectivity index (χ3v) is 6.58. The zero-order valence-electron chi connectivity index (χ0n) is 18.3. The lowest BCUT2D eigenvalue weighted by Gasteiger charge is -2.38. The highest BCUT2D eigenvalue weighted by Gasteiger charge is 2.43. The third-order valence-electron chi connectivity index (χ3n) is 6.58. The van der Waals surface area contributed by atoms with Gasteiger partial charge in [-0.1, -0.05) is 18.2 Å². The number of piperidine rings is 1. The number of nitrogens with zero attached hydrogens (tertiary/aromatic N) is 3. The minimum absolute atomic E-state index is 0.000457. The van der Waals surface area contributed by atoms with Crippen LogP contribution in [0, 0.1) is 11.2 Å². The predicted molar refractivity (Wildman–Crippen MR) is 121 cm³/mol. The third kappa shape index (κ3) is 5.03. The van der Waals surface area contributed by atoms with Crippen LogP contribution in [0.1, 0.15) is 35.2 Å². The molecule has 2 aromatic carbocycles. The Hall–Kier alpha value is -3.32. The molecular formula is C26H26FN3O3. The molecule has 0 aliphatic carbocycles. The minimum Gasteiger partial charge on any atom is -0.424 e. The number of aromatic nitrogens is 2. The second-order valence-corrected chi connectivity index (χ2v) is 8.92. The van der Waals surface area contributed by atoms with Gasteiger partial charge < -0.3 is 14.4 Å². The Bertz CT molecular complexity index is 1120. The van der Waals surface area contributed by atoms with Gasteiger partial charge in [0.1, 0.15) is 11.6 Å². The lowest BCUT2D eigenvalue weighted by atomic mass is 9.76. The maximum absolute atomic E-state index is 13.5. The van der Waals surface area contributed by atoms with E-state index >= 15 is 0 Å². The first-order valence-electron chi connectivity index (χ1n) is 11.3. The van der Waals surface area contributed by atoms with E-state index in [2.05, 4.69) is 9.97 Å². The van der Waals surface area contributed by atoms with Crippen molar-refractivity contribution in [3.8, 4) is 11.8 Å². The standard InChI is InChI=1S/C26H26FN3O3/c27-21-6-1-4-19(14-21)15-23-17-26(18-32-23)8-12-30(13-9-26)24(31)20-5-2-7-22(16-20)33-25-28-10-3-11-29-25/h1-7,10-11,14,16,23H,8-9,12-13,15,17-18H2/t23-/m1/s1. The Balaban J connectivity index is 1.17. The van der Waals surface area contributed by atoms with Gasteiger partial charge >= 0.3 is 6.01 Å². The van der Waals surface area contributed by atoms with Gasteiger partial charge in [0.15, 0.2) is 0 Å². The van der Waals surface area contributed by atoms with E-state index in [1.807, 2.05) is 11.0 Å². The number of ether oxygens (including phenoxy) is 2. The number of amides is 1. The summed E-state index contributed by atoms with van der Waals surface area (Å²) in [6, 6.07) is 15.8. The maximum atomic E-state index is 13.5. The first-order valence-corrected chi connectivity index (χ1v) is 11.3. The average Bonchev–Trinajstić information content (AvgIpc) is 3.21. The predicted octanol–water partition coefficient (Wildman–Crippen LogP) is 4.66. The van der Waals surface area contributed by atoms with Crippen LogP contribution >= 0.6 is 0 Å². The molecule has 2 aliphatic heterocycles. The van der Waals surface area contributed by atoms with Gasteiger partial charge in [0.25, 0.3) is 5.91 Å². The summed E-state index contributed by atoms with van der Waals surface area (Å²) < 4.78 is 25.2. The van der Waals surface area contributed by atoms with E-state index in [9.17, 15) is 9.18 Å². The largest absolute Gasteiger partial charge is 0.424 e. The molecule has 6 nitrogen and oxygen atoms in total. The van der Waals surface area contributed by atoms with Crippen molar-refractivity contribution in [2.45, 2.75) is 31.8 Å². The van der Waals surface area contributed by atoms with Crippen LogP contribution in [0.3, 0.4) is 0 Å². The lowest BCUT2D eigenvalue weighted by molar-refractivity contribution is 0.0496. The molecule has 0 unspecified atom stereocenters. The first-order chi connectivity index (χ1) is 16.1. The van der Waals surface area contributed by atoms with Crippen LogP contribution < -0.4 is 4.74 Å². The molecule has 33 heavy (non-hydrogen) atoms. The Kier molecular flexibility index (Phi) is 6.05. The summed E-state index contributed by atoms with van der Waals surface area (Å²) >= 11 is 0. The first kappa shape index (κ1) is 21.5. The van der Waals surface area contributed by atoms with Gasteiger partial charge in [0.05, 0.1) is 12.7 Å². The van der Waals surface area contributed by atoms with Gasteiger partial charge in [-0.05, 0) is 73.1 Å². The monoisotopic (exact) mass is 447 g/mol. The number of hydrogen-bond donors (Lipinski definition) is 0. The molecule has 3 heterocycles. The van der Waals surface area contributed by atoms with E-state index < -0.39 is 0 Å². The Morgan fingerprint density at radius 1 is 1.09 bits per heavy atom. The van der Waals surface area contributed by atoms with E-state index in [1.54, 1.807) is 54.9 Å². The minimum atomic E-state index is -0.210. The van der Waals surface area contributed by atoms with E-state index in [4.69, 9.17) is 9.47 Å². The fourth-order valence-electron chi connectivity index (χ4n) is 4.80. The van der Waals surface area contributed by atoms with Gasteiger partial charge in [-0.15, -0.1) is 0 Å². The molecule has 1 aromatic heterocycles. The quantitative estimate of drug-likeness (QED) is 0.569. The Morgan fingerprint density at radius 2 is 1.88 bits per heavy atom. The molecule has 1 amide bonds. The molecule has 3 aromatic rings. The highest BCUT2D eigenvalue weighted by atomic mass is 19.1. The Morgan fingerprint density at radius 3 is 2.67 bits per heavy atom. The lowest BCUT2D eigenvalue weighted by Crippen LogP contribution is -2.43. The number of carbonyl (C=O) groups is 1. The Labute approximate surface area is 192 Å². The van der Waals surface area contributed by atoms with Crippen LogP contribution in [0.15, 0.2) is 67.0 Å². The van der Waals surface area contributed by atoms with Gasteiger partial charge in [-0.2, -0.15) is 0 Å². The number of likely N-dealkylation sites (tertiary alicyclic amines) is 1. The van der Waals surface area contributed by atoms with Crippen molar-refractivity contribution in [2.75, 3.05) is 19.7 Å². The second-order valence-electron chi connectivity index (χ2n) is 8.92. The molecule has 2 saturated heterocycles. The topological polar surface area (TPSA) is 64.5 Å². The average molecular weight is 448 g/mol. The van der Waals surface area contributed by atoms with E-state index in [0.717, 1.165) is 31.2 Å². The summed E-state index contributed by atoms with van der Waals surface area (Å²) in [6.45, 7) is 2.10. The summed E-state index contributed by atoms with van der Waals surface area (Å²) in [5.74, 6) is 0.321. The molecule has 7 heteroatoms. The van der Waals surface area contributed by atoms with Gasteiger partial charge in [0, 0.05) is 31.0 Å². The van der Waals surface area contributed by atoms with E-state index in [0.29, 0.717) is 31.0 Å². The summed E-state index contributed by atoms with van der Waals surface area (Å²) in [6.07, 6.45) is 6.81. The highest BCUT2D eigenvalue weighted by molar-refractivity contribution is 5.94. The van der Waals surface area contributed by atoms with Crippen molar-refractivity contribution in [2.24, 2.45) is 5.41 Å². The number of hydrogen-bond acceptors (Lipinski definition) is 5. The molecule has 5 rings (SSSR count). The van der Waals surface area contributed by atoms with Gasteiger partial charge in [-0.3, -0.25) is 4.79 Å².